The Labute approximate surface area is 195 Å². The molecule has 1 aliphatic heterocycles. The molecule has 1 aromatic heterocycles. The Balaban J connectivity index is 1.66. The van der Waals surface area contributed by atoms with Gasteiger partial charge in [-0.05, 0) is 25.5 Å². The highest BCUT2D eigenvalue weighted by Crippen LogP contribution is 2.44. The fourth-order valence-corrected chi connectivity index (χ4v) is 4.86. The molecule has 0 bridgehead atoms. The van der Waals surface area contributed by atoms with Gasteiger partial charge in [-0.1, -0.05) is 60.1 Å². The maximum Gasteiger partial charge on any atom is 0.140 e. The minimum atomic E-state index is -0.961. The molecule has 33 heavy (non-hydrogen) atoms. The molecule has 0 saturated heterocycles. The highest BCUT2D eigenvalue weighted by Gasteiger charge is 2.43. The van der Waals surface area contributed by atoms with E-state index in [4.69, 9.17) is 11.6 Å². The van der Waals surface area contributed by atoms with Crippen molar-refractivity contribution in [1.82, 2.24) is 10.3 Å². The van der Waals surface area contributed by atoms with Crippen LogP contribution < -0.4 is 10.6 Å². The van der Waals surface area contributed by atoms with E-state index in [1.807, 2.05) is 44.2 Å². The van der Waals surface area contributed by atoms with Crippen LogP contribution in [0.1, 0.15) is 31.0 Å². The van der Waals surface area contributed by atoms with E-state index in [0.717, 1.165) is 5.56 Å². The van der Waals surface area contributed by atoms with Gasteiger partial charge in [0.05, 0.1) is 33.8 Å². The van der Waals surface area contributed by atoms with Gasteiger partial charge < -0.3 is 20.7 Å². The Morgan fingerprint density at radius 1 is 1.09 bits per heavy atom. The number of anilines is 1. The minimum absolute atomic E-state index is 0.155. The number of hydrogen-bond donors (Lipinski definition) is 4. The van der Waals surface area contributed by atoms with Gasteiger partial charge in [0, 0.05) is 34.9 Å². The molecule has 0 fully saturated rings. The third-order valence-corrected chi connectivity index (χ3v) is 6.69. The second kappa shape index (κ2) is 8.13. The van der Waals surface area contributed by atoms with Crippen molar-refractivity contribution in [3.8, 4) is 11.1 Å². The number of nitrogens with one attached hydrogen (secondary N) is 3. The van der Waals surface area contributed by atoms with Gasteiger partial charge in [0.15, 0.2) is 0 Å². The van der Waals surface area contributed by atoms with E-state index in [9.17, 15) is 5.11 Å². The molecule has 0 radical (unpaired) electrons. The zero-order valence-corrected chi connectivity index (χ0v) is 19.0. The van der Waals surface area contributed by atoms with Gasteiger partial charge in [0.1, 0.15) is 11.6 Å². The standard InChI is InChI=1S/C26H24ClF2N3O/c1-26(2)25(33)24(30-12-14-7-4-3-5-8-14)21-19(32-26)11-18(28)20(22(21)29)16-10-6-9-15-17(27)13-31-23(15)16/h3-11,13,24-25,30-33H,12H2,1-2H3. The van der Waals surface area contributed by atoms with Crippen LogP contribution >= 0.6 is 11.6 Å². The number of para-hydroxylation sites is 1. The normalized spacial score (nSPS) is 19.3. The van der Waals surface area contributed by atoms with E-state index in [-0.39, 0.29) is 11.1 Å². The van der Waals surface area contributed by atoms with Crippen LogP contribution in [-0.2, 0) is 6.54 Å². The molecule has 0 aliphatic carbocycles. The Bertz CT molecular complexity index is 1340. The minimum Gasteiger partial charge on any atom is -0.389 e. The number of hydrogen-bond acceptors (Lipinski definition) is 3. The Hall–Kier alpha value is -2.93. The van der Waals surface area contributed by atoms with E-state index in [1.54, 1.807) is 24.4 Å². The second-order valence-electron chi connectivity index (χ2n) is 9.01. The van der Waals surface area contributed by atoms with Crippen LogP contribution in [0.25, 0.3) is 22.0 Å². The van der Waals surface area contributed by atoms with Crippen molar-refractivity contribution < 1.29 is 13.9 Å². The van der Waals surface area contributed by atoms with Crippen molar-refractivity contribution in [2.45, 2.75) is 38.1 Å². The molecule has 3 aromatic carbocycles. The van der Waals surface area contributed by atoms with Crippen molar-refractivity contribution in [3.05, 3.63) is 88.6 Å². The Morgan fingerprint density at radius 2 is 1.85 bits per heavy atom. The number of halogens is 3. The summed E-state index contributed by atoms with van der Waals surface area (Å²) in [4.78, 5) is 3.02. The lowest BCUT2D eigenvalue weighted by Crippen LogP contribution is -2.54. The van der Waals surface area contributed by atoms with Crippen molar-refractivity contribution >= 4 is 28.2 Å². The van der Waals surface area contributed by atoms with Crippen molar-refractivity contribution in [3.63, 3.8) is 0 Å². The maximum atomic E-state index is 16.2. The first kappa shape index (κ1) is 21.9. The summed E-state index contributed by atoms with van der Waals surface area (Å²) in [5.74, 6) is -1.40. The molecule has 2 heterocycles. The van der Waals surface area contributed by atoms with Crippen LogP contribution in [-0.4, -0.2) is 21.7 Å². The summed E-state index contributed by atoms with van der Waals surface area (Å²) in [7, 11) is 0. The number of H-pyrrole nitrogens is 1. The van der Waals surface area contributed by atoms with Gasteiger partial charge in [-0.2, -0.15) is 0 Å². The molecule has 5 rings (SSSR count). The van der Waals surface area contributed by atoms with Crippen LogP contribution in [0.15, 0.2) is 60.8 Å². The third kappa shape index (κ3) is 3.68. The third-order valence-electron chi connectivity index (χ3n) is 6.38. The first-order chi connectivity index (χ1) is 15.8. The van der Waals surface area contributed by atoms with Gasteiger partial charge in [-0.3, -0.25) is 0 Å². The molecule has 2 unspecified atom stereocenters. The summed E-state index contributed by atoms with van der Waals surface area (Å²) in [6.45, 7) is 4.04. The fraction of sp³-hybridized carbons (Fsp3) is 0.231. The van der Waals surface area contributed by atoms with E-state index in [1.165, 1.54) is 6.07 Å². The van der Waals surface area contributed by atoms with Gasteiger partial charge >= 0.3 is 0 Å². The number of benzene rings is 3. The lowest BCUT2D eigenvalue weighted by molar-refractivity contribution is 0.0663. The average molecular weight is 468 g/mol. The highest BCUT2D eigenvalue weighted by atomic mass is 35.5. The van der Waals surface area contributed by atoms with Crippen molar-refractivity contribution in [2.24, 2.45) is 0 Å². The summed E-state index contributed by atoms with van der Waals surface area (Å²) in [5.41, 5.74) is 1.51. The topological polar surface area (TPSA) is 60.1 Å². The van der Waals surface area contributed by atoms with Crippen LogP contribution in [0, 0.1) is 11.6 Å². The zero-order chi connectivity index (χ0) is 23.3. The number of fused-ring (bicyclic) bond motifs is 2. The summed E-state index contributed by atoms with van der Waals surface area (Å²) in [6, 6.07) is 15.4. The van der Waals surface area contributed by atoms with Gasteiger partial charge in [-0.15, -0.1) is 0 Å². The summed E-state index contributed by atoms with van der Waals surface area (Å²) in [5, 5.41) is 18.7. The number of aromatic nitrogens is 1. The molecule has 2 atom stereocenters. The molecule has 0 spiro atoms. The highest BCUT2D eigenvalue weighted by molar-refractivity contribution is 6.36. The number of aliphatic hydroxyl groups excluding tert-OH is 1. The molecule has 0 amide bonds. The van der Waals surface area contributed by atoms with E-state index in [2.05, 4.69) is 15.6 Å². The van der Waals surface area contributed by atoms with Gasteiger partial charge in [0.25, 0.3) is 0 Å². The smallest absolute Gasteiger partial charge is 0.140 e. The largest absolute Gasteiger partial charge is 0.389 e. The fourth-order valence-electron chi connectivity index (χ4n) is 4.65. The summed E-state index contributed by atoms with van der Waals surface area (Å²) >= 11 is 6.23. The van der Waals surface area contributed by atoms with Crippen LogP contribution in [0.4, 0.5) is 14.5 Å². The van der Waals surface area contributed by atoms with E-state index in [0.29, 0.717) is 33.7 Å². The molecule has 4 aromatic rings. The quantitative estimate of drug-likeness (QED) is 0.290. The van der Waals surface area contributed by atoms with Gasteiger partial charge in [-0.25, -0.2) is 8.78 Å². The van der Waals surface area contributed by atoms with Crippen LogP contribution in [0.5, 0.6) is 0 Å². The van der Waals surface area contributed by atoms with Gasteiger partial charge in [0.2, 0.25) is 0 Å². The Kier molecular flexibility index (Phi) is 5.40. The molecular formula is C26H24ClF2N3O. The SMILES string of the molecule is CC1(C)Nc2cc(F)c(-c3cccc4c(Cl)c[nH]c34)c(F)c2C(NCc2ccccc2)C1O. The van der Waals surface area contributed by atoms with E-state index < -0.39 is 29.3 Å². The molecule has 4 nitrogen and oxygen atoms in total. The zero-order valence-electron chi connectivity index (χ0n) is 18.2. The predicted molar refractivity (Wildman–Crippen MR) is 128 cm³/mol. The monoisotopic (exact) mass is 467 g/mol. The molecule has 7 heteroatoms. The van der Waals surface area contributed by atoms with Crippen LogP contribution in [0.3, 0.4) is 0 Å². The first-order valence-electron chi connectivity index (χ1n) is 10.8. The molecule has 1 aliphatic rings. The van der Waals surface area contributed by atoms with Crippen LogP contribution in [0.2, 0.25) is 5.02 Å². The molecule has 4 N–H and O–H groups in total. The Morgan fingerprint density at radius 3 is 2.61 bits per heavy atom. The van der Waals surface area contributed by atoms with Crippen molar-refractivity contribution in [1.29, 1.82) is 0 Å². The number of rotatable bonds is 4. The predicted octanol–water partition coefficient (Wildman–Crippen LogP) is 6.16. The summed E-state index contributed by atoms with van der Waals surface area (Å²) < 4.78 is 31.5. The van der Waals surface area contributed by atoms with E-state index >= 15 is 8.78 Å². The first-order valence-corrected chi connectivity index (χ1v) is 11.2. The number of aliphatic hydroxyl groups is 1. The molecular weight excluding hydrogens is 444 g/mol. The van der Waals surface area contributed by atoms with Crippen molar-refractivity contribution in [2.75, 3.05) is 5.32 Å². The summed E-state index contributed by atoms with van der Waals surface area (Å²) in [6.07, 6.45) is 0.638. The number of aromatic amines is 1. The lowest BCUT2D eigenvalue weighted by atomic mass is 9.81. The molecule has 0 saturated carbocycles. The average Bonchev–Trinajstić information content (AvgIpc) is 3.16. The lowest BCUT2D eigenvalue weighted by Gasteiger charge is -2.44. The molecule has 170 valence electrons. The maximum absolute atomic E-state index is 16.2. The second-order valence-corrected chi connectivity index (χ2v) is 9.42.